The van der Waals surface area contributed by atoms with Gasteiger partial charge in [-0.2, -0.15) is 0 Å². The summed E-state index contributed by atoms with van der Waals surface area (Å²) in [6, 6.07) is 10.5. The average molecular weight is 318 g/mol. The van der Waals surface area contributed by atoms with Crippen molar-refractivity contribution < 1.29 is 14.3 Å². The highest BCUT2D eigenvalue weighted by molar-refractivity contribution is 5.78. The van der Waals surface area contributed by atoms with Crippen LogP contribution in [0.1, 0.15) is 39.2 Å². The molecule has 0 aliphatic carbocycles. The van der Waals surface area contributed by atoms with Crippen LogP contribution in [-0.4, -0.2) is 41.6 Å². The highest BCUT2D eigenvalue weighted by atomic mass is 16.6. The van der Waals surface area contributed by atoms with Crippen molar-refractivity contribution in [2.24, 2.45) is 0 Å². The Bertz CT molecular complexity index is 537. The Kier molecular flexibility index (Phi) is 5.64. The lowest BCUT2D eigenvalue weighted by Crippen LogP contribution is -2.52. The normalized spacial score (nSPS) is 17.3. The van der Waals surface area contributed by atoms with Gasteiger partial charge in [-0.1, -0.05) is 30.3 Å². The molecule has 0 saturated carbocycles. The quantitative estimate of drug-likeness (QED) is 0.908. The van der Waals surface area contributed by atoms with E-state index in [1.54, 1.807) is 0 Å². The molecule has 2 rings (SSSR count). The van der Waals surface area contributed by atoms with Crippen LogP contribution in [0.5, 0.6) is 0 Å². The summed E-state index contributed by atoms with van der Waals surface area (Å²) in [4.78, 5) is 25.7. The third kappa shape index (κ3) is 5.58. The number of ether oxygens (including phenoxy) is 1. The SMILES string of the molecule is CC(C)(C)OC(=O)NCCC(=O)N1CC[C@H]1Cc1ccccc1. The van der Waals surface area contributed by atoms with Gasteiger partial charge in [-0.05, 0) is 39.2 Å². The Morgan fingerprint density at radius 1 is 1.26 bits per heavy atom. The average Bonchev–Trinajstić information content (AvgIpc) is 2.42. The second-order valence-electron chi connectivity index (χ2n) is 6.90. The van der Waals surface area contributed by atoms with E-state index in [1.807, 2.05) is 43.9 Å². The Balaban J connectivity index is 1.71. The molecular formula is C18H26N2O3. The summed E-state index contributed by atoms with van der Waals surface area (Å²) in [6.45, 7) is 6.55. The summed E-state index contributed by atoms with van der Waals surface area (Å²) >= 11 is 0. The van der Waals surface area contributed by atoms with E-state index in [0.717, 1.165) is 19.4 Å². The summed E-state index contributed by atoms with van der Waals surface area (Å²) in [5, 5.41) is 2.63. The summed E-state index contributed by atoms with van der Waals surface area (Å²) in [5.74, 6) is 0.0910. The zero-order valence-corrected chi connectivity index (χ0v) is 14.2. The van der Waals surface area contributed by atoms with Crippen molar-refractivity contribution in [2.45, 2.75) is 51.7 Å². The first-order valence-electron chi connectivity index (χ1n) is 8.15. The number of nitrogens with zero attached hydrogens (tertiary/aromatic N) is 1. The molecule has 1 aliphatic heterocycles. The van der Waals surface area contributed by atoms with Crippen LogP contribution in [-0.2, 0) is 16.0 Å². The number of hydrogen-bond donors (Lipinski definition) is 1. The van der Waals surface area contributed by atoms with Crippen molar-refractivity contribution >= 4 is 12.0 Å². The minimum absolute atomic E-state index is 0.0910. The first-order chi connectivity index (χ1) is 10.8. The largest absolute Gasteiger partial charge is 0.444 e. The fraction of sp³-hybridized carbons (Fsp3) is 0.556. The predicted molar refractivity (Wildman–Crippen MR) is 89.1 cm³/mol. The zero-order chi connectivity index (χ0) is 16.9. The summed E-state index contributed by atoms with van der Waals surface area (Å²) in [7, 11) is 0. The van der Waals surface area contributed by atoms with Gasteiger partial charge in [0, 0.05) is 25.6 Å². The third-order valence-electron chi connectivity index (χ3n) is 3.79. The number of nitrogens with one attached hydrogen (secondary N) is 1. The molecule has 126 valence electrons. The minimum Gasteiger partial charge on any atom is -0.444 e. The van der Waals surface area contributed by atoms with E-state index >= 15 is 0 Å². The van der Waals surface area contributed by atoms with Crippen LogP contribution in [0, 0.1) is 0 Å². The summed E-state index contributed by atoms with van der Waals surface area (Å²) < 4.78 is 5.15. The molecule has 1 aromatic rings. The summed E-state index contributed by atoms with van der Waals surface area (Å²) in [6.07, 6.45) is 1.77. The fourth-order valence-corrected chi connectivity index (χ4v) is 2.60. The number of rotatable bonds is 5. The van der Waals surface area contributed by atoms with Gasteiger partial charge in [0.1, 0.15) is 5.60 Å². The topological polar surface area (TPSA) is 58.6 Å². The van der Waals surface area contributed by atoms with Gasteiger partial charge in [0.25, 0.3) is 0 Å². The molecule has 5 nitrogen and oxygen atoms in total. The maximum absolute atomic E-state index is 12.2. The van der Waals surface area contributed by atoms with Gasteiger partial charge in [0.05, 0.1) is 0 Å². The van der Waals surface area contributed by atoms with E-state index in [0.29, 0.717) is 13.0 Å². The predicted octanol–water partition coefficient (Wildman–Crippen LogP) is 2.74. The molecule has 0 unspecified atom stereocenters. The van der Waals surface area contributed by atoms with E-state index in [9.17, 15) is 9.59 Å². The molecule has 0 bridgehead atoms. The van der Waals surface area contributed by atoms with Gasteiger partial charge in [0.15, 0.2) is 0 Å². The Labute approximate surface area is 138 Å². The molecule has 2 amide bonds. The van der Waals surface area contributed by atoms with Crippen LogP contribution in [0.3, 0.4) is 0 Å². The monoisotopic (exact) mass is 318 g/mol. The lowest BCUT2D eigenvalue weighted by atomic mass is 9.95. The van der Waals surface area contributed by atoms with Crippen molar-refractivity contribution in [1.29, 1.82) is 0 Å². The van der Waals surface area contributed by atoms with Crippen LogP contribution in [0.25, 0.3) is 0 Å². The van der Waals surface area contributed by atoms with Gasteiger partial charge >= 0.3 is 6.09 Å². The maximum Gasteiger partial charge on any atom is 0.407 e. The fourth-order valence-electron chi connectivity index (χ4n) is 2.60. The van der Waals surface area contributed by atoms with E-state index < -0.39 is 11.7 Å². The smallest absolute Gasteiger partial charge is 0.407 e. The first kappa shape index (κ1) is 17.3. The van der Waals surface area contributed by atoms with E-state index in [-0.39, 0.29) is 11.9 Å². The van der Waals surface area contributed by atoms with Crippen molar-refractivity contribution in [3.63, 3.8) is 0 Å². The molecular weight excluding hydrogens is 292 g/mol. The second-order valence-corrected chi connectivity index (χ2v) is 6.90. The number of likely N-dealkylation sites (tertiary alicyclic amines) is 1. The Morgan fingerprint density at radius 3 is 2.52 bits per heavy atom. The maximum atomic E-state index is 12.2. The van der Waals surface area contributed by atoms with Crippen molar-refractivity contribution in [3.8, 4) is 0 Å². The van der Waals surface area contributed by atoms with Gasteiger partial charge < -0.3 is 15.0 Å². The number of carbonyl (C=O) groups excluding carboxylic acids is 2. The van der Waals surface area contributed by atoms with Gasteiger partial charge in [-0.25, -0.2) is 4.79 Å². The molecule has 0 spiro atoms. The number of hydrogen-bond acceptors (Lipinski definition) is 3. The van der Waals surface area contributed by atoms with Crippen LogP contribution >= 0.6 is 0 Å². The molecule has 1 aromatic carbocycles. The molecule has 0 aromatic heterocycles. The standard InChI is InChI=1S/C18H26N2O3/c1-18(2,3)23-17(22)19-11-9-16(21)20-12-10-15(20)13-14-7-5-4-6-8-14/h4-8,15H,9-13H2,1-3H3,(H,19,22)/t15-/m0/s1. The lowest BCUT2D eigenvalue weighted by molar-refractivity contribution is -0.138. The highest BCUT2D eigenvalue weighted by Gasteiger charge is 2.31. The second kappa shape index (κ2) is 7.49. The lowest BCUT2D eigenvalue weighted by Gasteiger charge is -2.41. The van der Waals surface area contributed by atoms with Gasteiger partial charge in [-0.15, -0.1) is 0 Å². The highest BCUT2D eigenvalue weighted by Crippen LogP contribution is 2.22. The first-order valence-corrected chi connectivity index (χ1v) is 8.15. The summed E-state index contributed by atoms with van der Waals surface area (Å²) in [5.41, 5.74) is 0.730. The van der Waals surface area contributed by atoms with Crippen LogP contribution < -0.4 is 5.32 Å². The Hall–Kier alpha value is -2.04. The Morgan fingerprint density at radius 2 is 1.96 bits per heavy atom. The minimum atomic E-state index is -0.521. The van der Waals surface area contributed by atoms with Crippen molar-refractivity contribution in [1.82, 2.24) is 10.2 Å². The van der Waals surface area contributed by atoms with Crippen LogP contribution in [0.2, 0.25) is 0 Å². The number of alkyl carbamates (subject to hydrolysis) is 1. The van der Waals surface area contributed by atoms with Crippen molar-refractivity contribution in [3.05, 3.63) is 35.9 Å². The molecule has 5 heteroatoms. The van der Waals surface area contributed by atoms with E-state index in [4.69, 9.17) is 4.74 Å². The molecule has 23 heavy (non-hydrogen) atoms. The third-order valence-corrected chi connectivity index (χ3v) is 3.79. The number of carbonyl (C=O) groups is 2. The molecule has 1 aliphatic rings. The van der Waals surface area contributed by atoms with E-state index in [1.165, 1.54) is 5.56 Å². The number of benzene rings is 1. The molecule has 1 atom stereocenters. The van der Waals surface area contributed by atoms with Gasteiger partial charge in [-0.3, -0.25) is 4.79 Å². The van der Waals surface area contributed by atoms with Crippen LogP contribution in [0.15, 0.2) is 30.3 Å². The molecule has 1 saturated heterocycles. The number of amides is 2. The van der Waals surface area contributed by atoms with E-state index in [2.05, 4.69) is 17.4 Å². The molecule has 0 radical (unpaired) electrons. The molecule has 1 heterocycles. The van der Waals surface area contributed by atoms with Crippen LogP contribution in [0.4, 0.5) is 4.79 Å². The molecule has 1 fully saturated rings. The zero-order valence-electron chi connectivity index (χ0n) is 14.2. The van der Waals surface area contributed by atoms with Gasteiger partial charge in [0.2, 0.25) is 5.91 Å². The van der Waals surface area contributed by atoms with Crippen molar-refractivity contribution in [2.75, 3.05) is 13.1 Å². The molecule has 1 N–H and O–H groups in total.